The molecule has 2 amide bonds. The lowest BCUT2D eigenvalue weighted by Gasteiger charge is -2.27. The van der Waals surface area contributed by atoms with Crippen LogP contribution in [0.25, 0.3) is 0 Å². The highest BCUT2D eigenvalue weighted by atomic mass is 16.2. The molecule has 3 heteroatoms. The number of amides is 2. The summed E-state index contributed by atoms with van der Waals surface area (Å²) in [5.74, 6) is 0. The zero-order chi connectivity index (χ0) is 15.0. The molecule has 1 aromatic rings. The van der Waals surface area contributed by atoms with E-state index in [1.165, 1.54) is 0 Å². The van der Waals surface area contributed by atoms with Gasteiger partial charge < -0.3 is 10.6 Å². The Kier molecular flexibility index (Phi) is 6.56. The van der Waals surface area contributed by atoms with Crippen molar-refractivity contribution in [1.82, 2.24) is 10.6 Å². The Morgan fingerprint density at radius 3 is 2.40 bits per heavy atom. The molecule has 2 N–H and O–H groups in total. The first-order valence-corrected chi connectivity index (χ1v) is 7.51. The van der Waals surface area contributed by atoms with Gasteiger partial charge in [-0.2, -0.15) is 0 Å². The zero-order valence-corrected chi connectivity index (χ0v) is 13.2. The molecule has 0 aliphatic rings. The maximum absolute atomic E-state index is 12.0. The molecule has 0 radical (unpaired) electrons. The molecule has 1 atom stereocenters. The second-order valence-corrected chi connectivity index (χ2v) is 6.48. The average Bonchev–Trinajstić information content (AvgIpc) is 2.38. The van der Waals surface area contributed by atoms with Crippen LogP contribution in [-0.2, 0) is 0 Å². The Morgan fingerprint density at radius 2 is 1.85 bits per heavy atom. The average molecular weight is 276 g/mol. The zero-order valence-electron chi connectivity index (χ0n) is 13.2. The lowest BCUT2D eigenvalue weighted by Crippen LogP contribution is -2.39. The first kappa shape index (κ1) is 16.5. The standard InChI is InChI=1S/C17H28N2O/c1-5-6-12-18-16(20)19-15(13-17(2,3)4)14-10-8-7-9-11-14/h7-11,15H,5-6,12-13H2,1-4H3,(H2,18,19,20). The highest BCUT2D eigenvalue weighted by molar-refractivity contribution is 5.74. The van der Waals surface area contributed by atoms with E-state index in [0.717, 1.165) is 31.4 Å². The molecule has 0 heterocycles. The van der Waals surface area contributed by atoms with Crippen LogP contribution in [0.2, 0.25) is 0 Å². The molecule has 0 aliphatic carbocycles. The Hall–Kier alpha value is -1.51. The minimum Gasteiger partial charge on any atom is -0.338 e. The first-order valence-electron chi connectivity index (χ1n) is 7.51. The highest BCUT2D eigenvalue weighted by Gasteiger charge is 2.21. The quantitative estimate of drug-likeness (QED) is 0.749. The third-order valence-electron chi connectivity index (χ3n) is 3.14. The summed E-state index contributed by atoms with van der Waals surface area (Å²) in [4.78, 5) is 12.0. The summed E-state index contributed by atoms with van der Waals surface area (Å²) in [6.45, 7) is 9.43. The Labute approximate surface area is 123 Å². The highest BCUT2D eigenvalue weighted by Crippen LogP contribution is 2.29. The normalized spacial score (nSPS) is 12.8. The van der Waals surface area contributed by atoms with Crippen molar-refractivity contribution in [2.75, 3.05) is 6.54 Å². The fraction of sp³-hybridized carbons (Fsp3) is 0.588. The summed E-state index contributed by atoms with van der Waals surface area (Å²) < 4.78 is 0. The van der Waals surface area contributed by atoms with Gasteiger partial charge in [0.2, 0.25) is 0 Å². The number of rotatable bonds is 6. The largest absolute Gasteiger partial charge is 0.338 e. The van der Waals surface area contributed by atoms with Gasteiger partial charge in [0.05, 0.1) is 6.04 Å². The van der Waals surface area contributed by atoms with Crippen molar-refractivity contribution in [2.24, 2.45) is 5.41 Å². The monoisotopic (exact) mass is 276 g/mol. The number of carbonyl (C=O) groups excluding carboxylic acids is 1. The first-order chi connectivity index (χ1) is 9.42. The van der Waals surface area contributed by atoms with Crippen LogP contribution < -0.4 is 10.6 Å². The molecule has 1 rings (SSSR count). The Balaban J connectivity index is 2.66. The molecule has 0 aliphatic heterocycles. The second kappa shape index (κ2) is 7.93. The van der Waals surface area contributed by atoms with E-state index >= 15 is 0 Å². The van der Waals surface area contributed by atoms with Crippen molar-refractivity contribution in [3.63, 3.8) is 0 Å². The van der Waals surface area contributed by atoms with E-state index < -0.39 is 0 Å². The number of hydrogen-bond donors (Lipinski definition) is 2. The molecule has 3 nitrogen and oxygen atoms in total. The lowest BCUT2D eigenvalue weighted by atomic mass is 9.85. The molecular formula is C17H28N2O. The van der Waals surface area contributed by atoms with Crippen LogP contribution in [-0.4, -0.2) is 12.6 Å². The number of carbonyl (C=O) groups is 1. The van der Waals surface area contributed by atoms with E-state index in [1.54, 1.807) is 0 Å². The lowest BCUT2D eigenvalue weighted by molar-refractivity contribution is 0.230. The van der Waals surface area contributed by atoms with Crippen molar-refractivity contribution < 1.29 is 4.79 Å². The van der Waals surface area contributed by atoms with Crippen molar-refractivity contribution in [2.45, 2.75) is 53.0 Å². The summed E-state index contributed by atoms with van der Waals surface area (Å²) in [6.07, 6.45) is 3.02. The fourth-order valence-corrected chi connectivity index (χ4v) is 2.14. The summed E-state index contributed by atoms with van der Waals surface area (Å²) in [6, 6.07) is 10.2. The minimum absolute atomic E-state index is 0.0535. The fourth-order valence-electron chi connectivity index (χ4n) is 2.14. The maximum atomic E-state index is 12.0. The predicted molar refractivity (Wildman–Crippen MR) is 84.7 cm³/mol. The smallest absolute Gasteiger partial charge is 0.315 e. The molecular weight excluding hydrogens is 248 g/mol. The Bertz CT molecular complexity index is 395. The molecule has 0 fully saturated rings. The molecule has 112 valence electrons. The minimum atomic E-state index is -0.0726. The third kappa shape index (κ3) is 6.60. The van der Waals surface area contributed by atoms with Gasteiger partial charge in [0, 0.05) is 6.54 Å². The van der Waals surface area contributed by atoms with E-state index in [4.69, 9.17) is 0 Å². The number of benzene rings is 1. The maximum Gasteiger partial charge on any atom is 0.315 e. The Morgan fingerprint density at radius 1 is 1.20 bits per heavy atom. The van der Waals surface area contributed by atoms with Gasteiger partial charge in [-0.05, 0) is 23.8 Å². The molecule has 1 unspecified atom stereocenters. The van der Waals surface area contributed by atoms with E-state index in [1.807, 2.05) is 18.2 Å². The van der Waals surface area contributed by atoms with Crippen LogP contribution in [0.5, 0.6) is 0 Å². The van der Waals surface area contributed by atoms with Crippen LogP contribution in [0.4, 0.5) is 4.79 Å². The van der Waals surface area contributed by atoms with Gasteiger partial charge in [-0.3, -0.25) is 0 Å². The molecule has 20 heavy (non-hydrogen) atoms. The van der Waals surface area contributed by atoms with Gasteiger partial charge in [0.25, 0.3) is 0 Å². The predicted octanol–water partition coefficient (Wildman–Crippen LogP) is 4.26. The van der Waals surface area contributed by atoms with Crippen LogP contribution in [0.15, 0.2) is 30.3 Å². The molecule has 0 spiro atoms. The third-order valence-corrected chi connectivity index (χ3v) is 3.14. The van der Waals surface area contributed by atoms with Crippen LogP contribution in [0.1, 0.15) is 58.6 Å². The number of hydrogen-bond acceptors (Lipinski definition) is 1. The molecule has 0 aromatic heterocycles. The van der Waals surface area contributed by atoms with Crippen LogP contribution in [0, 0.1) is 5.41 Å². The van der Waals surface area contributed by atoms with Crippen LogP contribution >= 0.6 is 0 Å². The van der Waals surface area contributed by atoms with Crippen molar-refractivity contribution in [3.8, 4) is 0 Å². The van der Waals surface area contributed by atoms with E-state index in [2.05, 4.69) is 50.5 Å². The van der Waals surface area contributed by atoms with E-state index in [0.29, 0.717) is 0 Å². The topological polar surface area (TPSA) is 41.1 Å². The molecule has 0 saturated heterocycles. The van der Waals surface area contributed by atoms with Crippen molar-refractivity contribution in [3.05, 3.63) is 35.9 Å². The molecule has 0 saturated carbocycles. The van der Waals surface area contributed by atoms with Gasteiger partial charge in [0.1, 0.15) is 0 Å². The summed E-state index contributed by atoms with van der Waals surface area (Å²) in [5, 5.41) is 6.02. The van der Waals surface area contributed by atoms with Crippen molar-refractivity contribution >= 4 is 6.03 Å². The number of urea groups is 1. The second-order valence-electron chi connectivity index (χ2n) is 6.48. The van der Waals surface area contributed by atoms with E-state index in [9.17, 15) is 4.79 Å². The van der Waals surface area contributed by atoms with Gasteiger partial charge in [-0.1, -0.05) is 64.4 Å². The van der Waals surface area contributed by atoms with Gasteiger partial charge in [0.15, 0.2) is 0 Å². The molecule has 0 bridgehead atoms. The number of unbranched alkanes of at least 4 members (excludes halogenated alkanes) is 1. The number of nitrogens with one attached hydrogen (secondary N) is 2. The molecule has 1 aromatic carbocycles. The van der Waals surface area contributed by atoms with Gasteiger partial charge in [-0.15, -0.1) is 0 Å². The van der Waals surface area contributed by atoms with E-state index in [-0.39, 0.29) is 17.5 Å². The van der Waals surface area contributed by atoms with Gasteiger partial charge >= 0.3 is 6.03 Å². The summed E-state index contributed by atoms with van der Waals surface area (Å²) >= 11 is 0. The summed E-state index contributed by atoms with van der Waals surface area (Å²) in [7, 11) is 0. The van der Waals surface area contributed by atoms with Gasteiger partial charge in [-0.25, -0.2) is 4.79 Å². The van der Waals surface area contributed by atoms with Crippen molar-refractivity contribution in [1.29, 1.82) is 0 Å². The summed E-state index contributed by atoms with van der Waals surface area (Å²) in [5.41, 5.74) is 1.32. The SMILES string of the molecule is CCCCNC(=O)NC(CC(C)(C)C)c1ccccc1. The van der Waals surface area contributed by atoms with Crippen LogP contribution in [0.3, 0.4) is 0 Å².